The number of aromatic nitrogens is 3. The molecule has 0 unspecified atom stereocenters. The van der Waals surface area contributed by atoms with Crippen LogP contribution >= 0.6 is 0 Å². The number of hydrogen-bond acceptors (Lipinski definition) is 4. The van der Waals surface area contributed by atoms with Gasteiger partial charge < -0.3 is 4.42 Å². The minimum Gasteiger partial charge on any atom is -0.456 e. The van der Waals surface area contributed by atoms with Crippen molar-refractivity contribution in [1.29, 1.82) is 0 Å². The zero-order valence-corrected chi connectivity index (χ0v) is 26.9. The minimum atomic E-state index is 0.674. The first-order valence-corrected chi connectivity index (χ1v) is 17.0. The molecular formula is C45H31N3O. The second-order valence-electron chi connectivity index (χ2n) is 13.0. The van der Waals surface area contributed by atoms with E-state index in [2.05, 4.69) is 121 Å². The molecule has 0 radical (unpaired) electrons. The van der Waals surface area contributed by atoms with Gasteiger partial charge in [0.1, 0.15) is 11.2 Å². The average molecular weight is 630 g/mol. The predicted molar refractivity (Wildman–Crippen MR) is 201 cm³/mol. The fourth-order valence-electron chi connectivity index (χ4n) is 7.79. The summed E-state index contributed by atoms with van der Waals surface area (Å²) in [5, 5.41) is 4.66. The van der Waals surface area contributed by atoms with Crippen LogP contribution in [0.2, 0.25) is 0 Å². The second-order valence-corrected chi connectivity index (χ2v) is 13.0. The number of para-hydroxylation sites is 1. The lowest BCUT2D eigenvalue weighted by molar-refractivity contribution is 0.669. The summed E-state index contributed by atoms with van der Waals surface area (Å²) >= 11 is 0. The third-order valence-electron chi connectivity index (χ3n) is 10.1. The van der Waals surface area contributed by atoms with Gasteiger partial charge in [0, 0.05) is 21.9 Å². The van der Waals surface area contributed by atoms with Crippen molar-refractivity contribution in [3.05, 3.63) is 155 Å². The van der Waals surface area contributed by atoms with Gasteiger partial charge in [-0.25, -0.2) is 15.0 Å². The third kappa shape index (κ3) is 4.63. The molecule has 4 nitrogen and oxygen atoms in total. The zero-order chi connectivity index (χ0) is 32.3. The first-order chi connectivity index (χ1) is 24.3. The van der Waals surface area contributed by atoms with Gasteiger partial charge in [0.25, 0.3) is 0 Å². The summed E-state index contributed by atoms with van der Waals surface area (Å²) in [6.45, 7) is 0. The van der Waals surface area contributed by atoms with E-state index in [-0.39, 0.29) is 0 Å². The van der Waals surface area contributed by atoms with Crippen molar-refractivity contribution in [2.24, 2.45) is 0 Å². The van der Waals surface area contributed by atoms with Gasteiger partial charge in [0.15, 0.2) is 17.5 Å². The number of fused-ring (bicyclic) bond motifs is 7. The molecule has 0 fully saturated rings. The van der Waals surface area contributed by atoms with E-state index in [1.165, 1.54) is 33.0 Å². The molecule has 0 amide bonds. The number of benzene rings is 6. The van der Waals surface area contributed by atoms with E-state index in [9.17, 15) is 0 Å². The molecule has 0 atom stereocenters. The fraction of sp³-hybridized carbons (Fsp3) is 0.0889. The molecule has 2 aliphatic rings. The van der Waals surface area contributed by atoms with Crippen LogP contribution in [0.1, 0.15) is 40.9 Å². The number of aryl methyl sites for hydroxylation is 1. The van der Waals surface area contributed by atoms with Crippen LogP contribution in [0.5, 0.6) is 0 Å². The van der Waals surface area contributed by atoms with Gasteiger partial charge in [0.05, 0.1) is 0 Å². The van der Waals surface area contributed by atoms with Gasteiger partial charge in [-0.2, -0.15) is 0 Å². The van der Waals surface area contributed by atoms with Crippen LogP contribution in [-0.4, -0.2) is 15.0 Å². The van der Waals surface area contributed by atoms with Gasteiger partial charge in [0.2, 0.25) is 0 Å². The lowest BCUT2D eigenvalue weighted by atomic mass is 9.87. The van der Waals surface area contributed by atoms with Crippen LogP contribution in [-0.2, 0) is 12.8 Å². The maximum atomic E-state index is 6.30. The topological polar surface area (TPSA) is 51.8 Å². The maximum absolute atomic E-state index is 6.30. The first kappa shape index (κ1) is 27.9. The lowest BCUT2D eigenvalue weighted by Gasteiger charge is -2.20. The summed E-state index contributed by atoms with van der Waals surface area (Å²) in [7, 11) is 0. The summed E-state index contributed by atoms with van der Waals surface area (Å²) in [6.07, 6.45) is 10.6. The van der Waals surface area contributed by atoms with Crippen LogP contribution in [0.25, 0.3) is 84.3 Å². The highest BCUT2D eigenvalue weighted by Crippen LogP contribution is 2.42. The number of rotatable bonds is 4. The summed E-state index contributed by atoms with van der Waals surface area (Å²) in [4.78, 5) is 15.9. The number of furan rings is 1. The van der Waals surface area contributed by atoms with Gasteiger partial charge in [-0.05, 0) is 99.7 Å². The van der Waals surface area contributed by atoms with Gasteiger partial charge in [-0.15, -0.1) is 0 Å². The molecule has 0 spiro atoms. The Kier molecular flexibility index (Phi) is 6.41. The molecule has 6 aromatic carbocycles. The summed E-state index contributed by atoms with van der Waals surface area (Å²) in [5.74, 6) is 2.14. The first-order valence-electron chi connectivity index (χ1n) is 17.0. The molecule has 0 N–H and O–H groups in total. The van der Waals surface area contributed by atoms with Gasteiger partial charge in [-0.3, -0.25) is 0 Å². The molecular weight excluding hydrogens is 599 g/mol. The molecule has 0 aliphatic heterocycles. The predicted octanol–water partition coefficient (Wildman–Crippen LogP) is 11.4. The Balaban J connectivity index is 1.24. The molecule has 232 valence electrons. The SMILES string of the molecule is C1=Cc2c(c(-c3nc(C4=Cc5ccccc5CC4)nc(-c4ccccc4-c4cccc5oc6ccccc6c45)n3)cc3ccccc23)CC1. The van der Waals surface area contributed by atoms with E-state index in [1.807, 2.05) is 18.2 Å². The molecule has 10 rings (SSSR count). The van der Waals surface area contributed by atoms with E-state index < -0.39 is 0 Å². The zero-order valence-electron chi connectivity index (χ0n) is 26.9. The van der Waals surface area contributed by atoms with Crippen LogP contribution in [0.15, 0.2) is 132 Å². The summed E-state index contributed by atoms with van der Waals surface area (Å²) < 4.78 is 6.30. The van der Waals surface area contributed by atoms with Gasteiger partial charge >= 0.3 is 0 Å². The molecule has 2 aromatic heterocycles. The molecule has 49 heavy (non-hydrogen) atoms. The van der Waals surface area contributed by atoms with Crippen molar-refractivity contribution in [2.45, 2.75) is 25.7 Å². The highest BCUT2D eigenvalue weighted by atomic mass is 16.3. The summed E-state index contributed by atoms with van der Waals surface area (Å²) in [6, 6.07) is 42.6. The second kappa shape index (κ2) is 11.2. The largest absolute Gasteiger partial charge is 0.456 e. The van der Waals surface area contributed by atoms with Crippen LogP contribution in [0, 0.1) is 0 Å². The van der Waals surface area contributed by atoms with Gasteiger partial charge in [-0.1, -0.05) is 115 Å². The Hall–Kier alpha value is -6.13. The highest BCUT2D eigenvalue weighted by Gasteiger charge is 2.23. The van der Waals surface area contributed by atoms with E-state index in [1.54, 1.807) is 0 Å². The Bertz CT molecular complexity index is 2680. The van der Waals surface area contributed by atoms with Crippen LogP contribution in [0.3, 0.4) is 0 Å². The monoisotopic (exact) mass is 629 g/mol. The Labute approximate surface area is 284 Å². The molecule has 2 heterocycles. The molecule has 0 bridgehead atoms. The van der Waals surface area contributed by atoms with E-state index in [0.29, 0.717) is 5.82 Å². The Morgan fingerprint density at radius 1 is 0.531 bits per heavy atom. The molecule has 0 saturated carbocycles. The molecule has 2 aliphatic carbocycles. The third-order valence-corrected chi connectivity index (χ3v) is 10.1. The van der Waals surface area contributed by atoms with E-state index in [4.69, 9.17) is 19.4 Å². The van der Waals surface area contributed by atoms with Crippen molar-refractivity contribution in [2.75, 3.05) is 0 Å². The standard InChI is InChI=1S/C45H31N3O/c1-2-13-29-26-31(25-24-28(29)12-1)43-46-44(48-45(47-43)39-27-30-14-3-4-15-32(30)33-16-5-6-17-34(33)39)37-19-8-7-18-35(37)36-21-11-23-41-42(36)38-20-9-10-22-40(38)49-41/h1-5,7-16,18-23,26-27H,6,17,24-25H2. The molecule has 8 aromatic rings. The maximum Gasteiger partial charge on any atom is 0.164 e. The smallest absolute Gasteiger partial charge is 0.164 e. The Morgan fingerprint density at radius 2 is 1.24 bits per heavy atom. The average Bonchev–Trinajstić information content (AvgIpc) is 3.56. The molecule has 0 saturated heterocycles. The van der Waals surface area contributed by atoms with Crippen molar-refractivity contribution < 1.29 is 4.42 Å². The minimum absolute atomic E-state index is 0.674. The molecule has 4 heteroatoms. The van der Waals surface area contributed by atoms with Crippen molar-refractivity contribution in [3.63, 3.8) is 0 Å². The highest BCUT2D eigenvalue weighted by molar-refractivity contribution is 6.13. The Morgan fingerprint density at radius 3 is 2.18 bits per heavy atom. The fourth-order valence-corrected chi connectivity index (χ4v) is 7.79. The summed E-state index contributed by atoms with van der Waals surface area (Å²) in [5.41, 5.74) is 12.3. The van der Waals surface area contributed by atoms with Crippen molar-refractivity contribution >= 4 is 50.4 Å². The number of allylic oxidation sites excluding steroid dienone is 2. The van der Waals surface area contributed by atoms with Crippen LogP contribution < -0.4 is 0 Å². The lowest BCUT2D eigenvalue weighted by Crippen LogP contribution is -2.08. The van der Waals surface area contributed by atoms with Crippen LogP contribution in [0.4, 0.5) is 0 Å². The van der Waals surface area contributed by atoms with Crippen molar-refractivity contribution in [1.82, 2.24) is 15.0 Å². The number of nitrogens with zero attached hydrogens (tertiary/aromatic N) is 3. The van der Waals surface area contributed by atoms with E-state index >= 15 is 0 Å². The number of hydrogen-bond donors (Lipinski definition) is 0. The normalized spacial score (nSPS) is 13.8. The quantitative estimate of drug-likeness (QED) is 0.194. The van der Waals surface area contributed by atoms with E-state index in [0.717, 1.165) is 87.1 Å². The van der Waals surface area contributed by atoms with Crippen molar-refractivity contribution in [3.8, 4) is 33.9 Å².